The third-order valence-electron chi connectivity index (χ3n) is 3.34. The number of aliphatic hydroxyl groups excluding tert-OH is 1. The molecule has 0 radical (unpaired) electrons. The zero-order valence-electron chi connectivity index (χ0n) is 13.1. The lowest BCUT2D eigenvalue weighted by molar-refractivity contribution is -0.117. The van der Waals surface area contributed by atoms with Crippen LogP contribution in [0.5, 0.6) is 0 Å². The Bertz CT molecular complexity index is 603. The summed E-state index contributed by atoms with van der Waals surface area (Å²) in [6.45, 7) is 3.78. The number of anilines is 1. The molecule has 4 N–H and O–H groups in total. The van der Waals surface area contributed by atoms with E-state index in [4.69, 9.17) is 20.3 Å². The third-order valence-corrected chi connectivity index (χ3v) is 3.34. The van der Waals surface area contributed by atoms with Gasteiger partial charge in [0, 0.05) is 6.20 Å². The lowest BCUT2D eigenvalue weighted by Crippen LogP contribution is -2.37. The summed E-state index contributed by atoms with van der Waals surface area (Å²) in [5.41, 5.74) is 5.19. The smallest absolute Gasteiger partial charge is 0.351 e. The Hall–Kier alpha value is -1.81. The van der Waals surface area contributed by atoms with Crippen LogP contribution in [-0.2, 0) is 14.3 Å². The van der Waals surface area contributed by atoms with Gasteiger partial charge in [-0.05, 0) is 18.4 Å². The van der Waals surface area contributed by atoms with Crippen molar-refractivity contribution in [2.45, 2.75) is 38.8 Å². The van der Waals surface area contributed by atoms with Gasteiger partial charge in [0.25, 0.3) is 0 Å². The lowest BCUT2D eigenvalue weighted by atomic mass is 10.0. The normalized spacial score (nSPS) is 22.3. The first-order chi connectivity index (χ1) is 10.9. The molecule has 3 atom stereocenters. The summed E-state index contributed by atoms with van der Waals surface area (Å²) in [5, 5.41) is 11.5. The van der Waals surface area contributed by atoms with Gasteiger partial charge in [0.05, 0.1) is 19.3 Å². The minimum absolute atomic E-state index is 0.132. The molecular weight excluding hydrogens is 304 g/mol. The number of aromatic nitrogens is 2. The molecule has 128 valence electrons. The molecule has 1 fully saturated rings. The SMILES string of the molecule is CC(C)CC(N)C(=O)Nc1ccn(C2COC(CO)O2)c(=O)n1. The zero-order valence-corrected chi connectivity index (χ0v) is 13.1. The van der Waals surface area contributed by atoms with Gasteiger partial charge in [-0.2, -0.15) is 4.98 Å². The molecule has 3 unspecified atom stereocenters. The minimum Gasteiger partial charge on any atom is -0.391 e. The standard InChI is InChI=1S/C14H22N4O5/c1-8(2)5-9(15)13(20)16-10-3-4-18(14(21)17-10)11-7-22-12(6-19)23-11/h3-4,8-9,11-12,19H,5-7,15H2,1-2H3,(H,16,17,20,21). The highest BCUT2D eigenvalue weighted by Gasteiger charge is 2.27. The summed E-state index contributed by atoms with van der Waals surface area (Å²) in [6, 6.07) is 0.827. The molecule has 1 amide bonds. The Morgan fingerprint density at radius 3 is 2.91 bits per heavy atom. The van der Waals surface area contributed by atoms with Crippen molar-refractivity contribution in [3.05, 3.63) is 22.7 Å². The summed E-state index contributed by atoms with van der Waals surface area (Å²) in [6.07, 6.45) is 0.589. The fourth-order valence-corrected chi connectivity index (χ4v) is 2.22. The highest BCUT2D eigenvalue weighted by molar-refractivity contribution is 5.93. The van der Waals surface area contributed by atoms with Crippen molar-refractivity contribution in [1.82, 2.24) is 9.55 Å². The molecule has 1 aromatic heterocycles. The van der Waals surface area contributed by atoms with Crippen molar-refractivity contribution in [2.75, 3.05) is 18.5 Å². The first kappa shape index (κ1) is 17.5. The van der Waals surface area contributed by atoms with Gasteiger partial charge < -0.3 is 25.6 Å². The largest absolute Gasteiger partial charge is 0.391 e. The predicted octanol–water partition coefficient (Wildman–Crippen LogP) is -0.581. The number of carbonyl (C=O) groups excluding carboxylic acids is 1. The number of nitrogens with zero attached hydrogens (tertiary/aromatic N) is 2. The number of rotatable bonds is 6. The number of carbonyl (C=O) groups is 1. The molecule has 1 saturated heterocycles. The summed E-state index contributed by atoms with van der Waals surface area (Å²) in [5.74, 6) is 0.0351. The van der Waals surface area contributed by atoms with Crippen LogP contribution in [0.25, 0.3) is 0 Å². The number of ether oxygens (including phenoxy) is 2. The Balaban J connectivity index is 2.02. The van der Waals surface area contributed by atoms with Crippen LogP contribution in [0.3, 0.4) is 0 Å². The Morgan fingerprint density at radius 1 is 1.61 bits per heavy atom. The van der Waals surface area contributed by atoms with Crippen LogP contribution >= 0.6 is 0 Å². The van der Waals surface area contributed by atoms with Gasteiger partial charge in [-0.15, -0.1) is 0 Å². The van der Waals surface area contributed by atoms with Crippen LogP contribution in [0, 0.1) is 5.92 Å². The van der Waals surface area contributed by atoms with Crippen molar-refractivity contribution >= 4 is 11.7 Å². The molecule has 9 nitrogen and oxygen atoms in total. The summed E-state index contributed by atoms with van der Waals surface area (Å²) in [4.78, 5) is 27.7. The predicted molar refractivity (Wildman–Crippen MR) is 81.5 cm³/mol. The van der Waals surface area contributed by atoms with E-state index < -0.39 is 24.2 Å². The Morgan fingerprint density at radius 2 is 2.35 bits per heavy atom. The molecule has 1 aromatic rings. The van der Waals surface area contributed by atoms with E-state index in [1.807, 2.05) is 13.8 Å². The second-order valence-corrected chi connectivity index (χ2v) is 5.76. The monoisotopic (exact) mass is 326 g/mol. The number of nitrogens with two attached hydrogens (primary N) is 1. The molecule has 23 heavy (non-hydrogen) atoms. The highest BCUT2D eigenvalue weighted by atomic mass is 16.7. The maximum Gasteiger partial charge on any atom is 0.351 e. The molecule has 1 aliphatic rings. The van der Waals surface area contributed by atoms with Crippen molar-refractivity contribution in [3.8, 4) is 0 Å². The second-order valence-electron chi connectivity index (χ2n) is 5.76. The Labute approximate surface area is 133 Å². The van der Waals surface area contributed by atoms with Crippen LogP contribution < -0.4 is 16.7 Å². The van der Waals surface area contributed by atoms with E-state index in [9.17, 15) is 9.59 Å². The summed E-state index contributed by atoms with van der Waals surface area (Å²) < 4.78 is 11.7. The number of amides is 1. The molecule has 2 heterocycles. The summed E-state index contributed by atoms with van der Waals surface area (Å²) in [7, 11) is 0. The van der Waals surface area contributed by atoms with E-state index in [-0.39, 0.29) is 30.9 Å². The maximum atomic E-state index is 12.0. The Kier molecular flexibility index (Phi) is 5.83. The fraction of sp³-hybridized carbons (Fsp3) is 0.643. The van der Waals surface area contributed by atoms with Crippen molar-refractivity contribution in [1.29, 1.82) is 0 Å². The van der Waals surface area contributed by atoms with Crippen molar-refractivity contribution in [2.24, 2.45) is 11.7 Å². The van der Waals surface area contributed by atoms with E-state index >= 15 is 0 Å². The fourth-order valence-electron chi connectivity index (χ4n) is 2.22. The van der Waals surface area contributed by atoms with E-state index in [2.05, 4.69) is 10.3 Å². The molecule has 2 rings (SSSR count). The minimum atomic E-state index is -0.750. The van der Waals surface area contributed by atoms with Crippen molar-refractivity contribution < 1.29 is 19.4 Å². The molecule has 0 spiro atoms. The average Bonchev–Trinajstić information content (AvgIpc) is 2.95. The molecule has 0 aromatic carbocycles. The molecule has 0 bridgehead atoms. The van der Waals surface area contributed by atoms with E-state index in [0.717, 1.165) is 0 Å². The number of aliphatic hydroxyl groups is 1. The van der Waals surface area contributed by atoms with Crippen LogP contribution in [0.1, 0.15) is 26.5 Å². The number of hydrogen-bond donors (Lipinski definition) is 3. The number of nitrogens with one attached hydrogen (secondary N) is 1. The van der Waals surface area contributed by atoms with Crippen molar-refractivity contribution in [3.63, 3.8) is 0 Å². The lowest BCUT2D eigenvalue weighted by Gasteiger charge is -2.15. The van der Waals surface area contributed by atoms with Gasteiger partial charge in [-0.3, -0.25) is 9.36 Å². The molecule has 1 aliphatic heterocycles. The highest BCUT2D eigenvalue weighted by Crippen LogP contribution is 2.19. The summed E-state index contributed by atoms with van der Waals surface area (Å²) >= 11 is 0. The number of hydrogen-bond acceptors (Lipinski definition) is 7. The quantitative estimate of drug-likeness (QED) is 0.638. The first-order valence-corrected chi connectivity index (χ1v) is 7.44. The zero-order chi connectivity index (χ0) is 17.0. The molecule has 9 heteroatoms. The van der Waals surface area contributed by atoms with Crippen LogP contribution in [0.4, 0.5) is 5.82 Å². The van der Waals surface area contributed by atoms with E-state index in [1.54, 1.807) is 0 Å². The van der Waals surface area contributed by atoms with E-state index in [0.29, 0.717) is 6.42 Å². The van der Waals surface area contributed by atoms with Crippen LogP contribution in [-0.4, -0.2) is 46.1 Å². The van der Waals surface area contributed by atoms with Crippen LogP contribution in [0.2, 0.25) is 0 Å². The van der Waals surface area contributed by atoms with Gasteiger partial charge in [0.1, 0.15) is 5.82 Å². The third kappa shape index (κ3) is 4.58. The first-order valence-electron chi connectivity index (χ1n) is 7.44. The topological polar surface area (TPSA) is 129 Å². The maximum absolute atomic E-state index is 12.0. The van der Waals surface area contributed by atoms with Gasteiger partial charge in [0.15, 0.2) is 12.5 Å². The second kappa shape index (κ2) is 7.64. The average molecular weight is 326 g/mol. The van der Waals surface area contributed by atoms with Gasteiger partial charge in [-0.25, -0.2) is 4.79 Å². The van der Waals surface area contributed by atoms with Crippen LogP contribution in [0.15, 0.2) is 17.1 Å². The van der Waals surface area contributed by atoms with Gasteiger partial charge >= 0.3 is 5.69 Å². The molecule has 0 aliphatic carbocycles. The molecule has 0 saturated carbocycles. The van der Waals surface area contributed by atoms with Gasteiger partial charge in [0.2, 0.25) is 5.91 Å². The van der Waals surface area contributed by atoms with Gasteiger partial charge in [-0.1, -0.05) is 13.8 Å². The van der Waals surface area contributed by atoms with E-state index in [1.165, 1.54) is 16.8 Å². The molecular formula is C14H22N4O5.